The molecule has 10 heavy (non-hydrogen) atoms. The van der Waals surface area contributed by atoms with Crippen LogP contribution in [0.25, 0.3) is 0 Å². The van der Waals surface area contributed by atoms with Crippen molar-refractivity contribution >= 4 is 24.9 Å². The molecule has 0 radical (unpaired) electrons. The standard InChI is InChI=1S/C6H8N2O.H2S/c7-4-1-2-6(9)5(8)3-4;/h1-3,9H,7-8H2;1H2. The fraction of sp³-hybridized carbons (Fsp3) is 0. The first-order valence-corrected chi connectivity index (χ1v) is 2.54. The molecule has 0 fully saturated rings. The van der Waals surface area contributed by atoms with Crippen LogP contribution in [0.2, 0.25) is 0 Å². The van der Waals surface area contributed by atoms with Crippen molar-refractivity contribution in [2.24, 2.45) is 0 Å². The molecule has 1 aromatic rings. The minimum Gasteiger partial charge on any atom is -0.506 e. The second-order valence-corrected chi connectivity index (χ2v) is 1.82. The van der Waals surface area contributed by atoms with Crippen molar-refractivity contribution in [3.63, 3.8) is 0 Å². The average Bonchev–Trinajstić information content (AvgIpc) is 1.80. The monoisotopic (exact) mass is 158 g/mol. The van der Waals surface area contributed by atoms with Crippen LogP contribution >= 0.6 is 13.5 Å². The number of hydrogen-bond acceptors (Lipinski definition) is 3. The highest BCUT2D eigenvalue weighted by Gasteiger charge is 1.93. The van der Waals surface area contributed by atoms with E-state index in [1.54, 1.807) is 6.07 Å². The van der Waals surface area contributed by atoms with Crippen LogP contribution in [0.4, 0.5) is 11.4 Å². The van der Waals surface area contributed by atoms with E-state index < -0.39 is 0 Å². The van der Waals surface area contributed by atoms with Crippen LogP contribution in [-0.2, 0) is 0 Å². The van der Waals surface area contributed by atoms with Crippen molar-refractivity contribution in [3.05, 3.63) is 18.2 Å². The van der Waals surface area contributed by atoms with Crippen LogP contribution in [0.3, 0.4) is 0 Å². The van der Waals surface area contributed by atoms with Crippen molar-refractivity contribution < 1.29 is 5.11 Å². The first-order valence-electron chi connectivity index (χ1n) is 2.54. The topological polar surface area (TPSA) is 72.3 Å². The van der Waals surface area contributed by atoms with E-state index in [0.29, 0.717) is 11.4 Å². The molecule has 0 spiro atoms. The highest BCUT2D eigenvalue weighted by molar-refractivity contribution is 7.59. The van der Waals surface area contributed by atoms with Gasteiger partial charge >= 0.3 is 0 Å². The molecule has 0 aliphatic rings. The lowest BCUT2D eigenvalue weighted by Crippen LogP contribution is -1.88. The maximum atomic E-state index is 8.86. The first-order chi connectivity index (χ1) is 4.20. The Labute approximate surface area is 66.1 Å². The Morgan fingerprint density at radius 3 is 2.20 bits per heavy atom. The van der Waals surface area contributed by atoms with Gasteiger partial charge in [-0.1, -0.05) is 0 Å². The van der Waals surface area contributed by atoms with Gasteiger partial charge in [0, 0.05) is 5.69 Å². The number of phenolic OH excluding ortho intramolecular Hbond substituents is 1. The molecular weight excluding hydrogens is 148 g/mol. The maximum absolute atomic E-state index is 8.86. The molecule has 56 valence electrons. The number of aromatic hydroxyl groups is 1. The molecule has 1 rings (SSSR count). The summed E-state index contributed by atoms with van der Waals surface area (Å²) in [6.45, 7) is 0. The molecule has 3 nitrogen and oxygen atoms in total. The van der Waals surface area contributed by atoms with Gasteiger partial charge in [-0.3, -0.25) is 0 Å². The predicted molar refractivity (Wildman–Crippen MR) is 47.3 cm³/mol. The maximum Gasteiger partial charge on any atom is 0.138 e. The van der Waals surface area contributed by atoms with E-state index in [2.05, 4.69) is 0 Å². The van der Waals surface area contributed by atoms with E-state index >= 15 is 0 Å². The van der Waals surface area contributed by atoms with E-state index in [0.717, 1.165) is 0 Å². The molecule has 0 aromatic heterocycles. The molecule has 0 saturated heterocycles. The predicted octanol–water partition coefficient (Wildman–Crippen LogP) is 0.669. The zero-order valence-electron chi connectivity index (χ0n) is 5.33. The Balaban J connectivity index is 0.000000810. The van der Waals surface area contributed by atoms with E-state index in [1.165, 1.54) is 12.1 Å². The summed E-state index contributed by atoms with van der Waals surface area (Å²) in [4.78, 5) is 0. The lowest BCUT2D eigenvalue weighted by molar-refractivity contribution is 0.478. The Morgan fingerprint density at radius 1 is 1.20 bits per heavy atom. The van der Waals surface area contributed by atoms with E-state index in [1.807, 2.05) is 0 Å². The Kier molecular flexibility index (Phi) is 2.89. The van der Waals surface area contributed by atoms with Gasteiger partial charge < -0.3 is 16.6 Å². The summed E-state index contributed by atoms with van der Waals surface area (Å²) >= 11 is 0. The molecule has 0 unspecified atom stereocenters. The molecule has 0 aliphatic heterocycles. The van der Waals surface area contributed by atoms with Crippen LogP contribution in [0.15, 0.2) is 18.2 Å². The summed E-state index contributed by atoms with van der Waals surface area (Å²) in [6.07, 6.45) is 0. The quantitative estimate of drug-likeness (QED) is 0.295. The second-order valence-electron chi connectivity index (χ2n) is 1.82. The van der Waals surface area contributed by atoms with Crippen LogP contribution in [0, 0.1) is 0 Å². The summed E-state index contributed by atoms with van der Waals surface area (Å²) in [5.41, 5.74) is 11.5. The lowest BCUT2D eigenvalue weighted by atomic mass is 10.3. The number of nitrogens with two attached hydrogens (primary N) is 2. The highest BCUT2D eigenvalue weighted by Crippen LogP contribution is 2.20. The molecule has 0 heterocycles. The van der Waals surface area contributed by atoms with Gasteiger partial charge in [0.05, 0.1) is 5.69 Å². The fourth-order valence-corrected chi connectivity index (χ4v) is 0.573. The molecule has 0 amide bonds. The van der Waals surface area contributed by atoms with Crippen molar-refractivity contribution in [3.8, 4) is 5.75 Å². The number of phenols is 1. The summed E-state index contributed by atoms with van der Waals surface area (Å²) in [6, 6.07) is 4.56. The van der Waals surface area contributed by atoms with Crippen molar-refractivity contribution in [1.29, 1.82) is 0 Å². The van der Waals surface area contributed by atoms with Gasteiger partial charge in [-0.15, -0.1) is 0 Å². The SMILES string of the molecule is Nc1ccc(O)c(N)c1.S. The lowest BCUT2D eigenvalue weighted by Gasteiger charge is -1.97. The minimum absolute atomic E-state index is 0. The Morgan fingerprint density at radius 2 is 1.80 bits per heavy atom. The molecule has 4 heteroatoms. The van der Waals surface area contributed by atoms with Crippen LogP contribution in [0.1, 0.15) is 0 Å². The zero-order valence-corrected chi connectivity index (χ0v) is 6.33. The average molecular weight is 158 g/mol. The van der Waals surface area contributed by atoms with E-state index in [-0.39, 0.29) is 19.2 Å². The van der Waals surface area contributed by atoms with Gasteiger partial charge in [0.2, 0.25) is 0 Å². The van der Waals surface area contributed by atoms with Gasteiger partial charge in [-0.25, -0.2) is 0 Å². The normalized spacial score (nSPS) is 8.40. The smallest absolute Gasteiger partial charge is 0.138 e. The van der Waals surface area contributed by atoms with Gasteiger partial charge in [-0.2, -0.15) is 13.5 Å². The van der Waals surface area contributed by atoms with Gasteiger partial charge in [0.15, 0.2) is 0 Å². The van der Waals surface area contributed by atoms with Gasteiger partial charge in [-0.05, 0) is 18.2 Å². The van der Waals surface area contributed by atoms with Crippen LogP contribution < -0.4 is 11.5 Å². The summed E-state index contributed by atoms with van der Waals surface area (Å²) in [5, 5.41) is 8.86. The number of rotatable bonds is 0. The summed E-state index contributed by atoms with van der Waals surface area (Å²) in [5.74, 6) is 0.0733. The Hall–Kier alpha value is -1.03. The third-order valence-electron chi connectivity index (χ3n) is 1.05. The zero-order chi connectivity index (χ0) is 6.85. The third kappa shape index (κ3) is 1.73. The van der Waals surface area contributed by atoms with Crippen LogP contribution in [-0.4, -0.2) is 5.11 Å². The summed E-state index contributed by atoms with van der Waals surface area (Å²) < 4.78 is 0. The Bertz CT molecular complexity index is 227. The van der Waals surface area contributed by atoms with Crippen molar-refractivity contribution in [1.82, 2.24) is 0 Å². The largest absolute Gasteiger partial charge is 0.506 e. The molecular formula is C6H10N2OS. The first kappa shape index (κ1) is 8.97. The number of hydrogen-bond donors (Lipinski definition) is 3. The van der Waals surface area contributed by atoms with Crippen molar-refractivity contribution in [2.45, 2.75) is 0 Å². The molecule has 1 aromatic carbocycles. The minimum atomic E-state index is 0. The molecule has 0 aliphatic carbocycles. The third-order valence-corrected chi connectivity index (χ3v) is 1.05. The molecule has 0 atom stereocenters. The van der Waals surface area contributed by atoms with Gasteiger partial charge in [0.1, 0.15) is 5.75 Å². The number of benzene rings is 1. The van der Waals surface area contributed by atoms with E-state index in [9.17, 15) is 0 Å². The fourth-order valence-electron chi connectivity index (χ4n) is 0.573. The summed E-state index contributed by atoms with van der Waals surface area (Å²) in [7, 11) is 0. The van der Waals surface area contributed by atoms with Crippen LogP contribution in [0.5, 0.6) is 5.75 Å². The molecule has 0 bridgehead atoms. The second kappa shape index (κ2) is 3.22. The van der Waals surface area contributed by atoms with Gasteiger partial charge in [0.25, 0.3) is 0 Å². The molecule has 5 N–H and O–H groups in total. The number of anilines is 2. The number of nitrogen functional groups attached to an aromatic ring is 2. The highest BCUT2D eigenvalue weighted by atomic mass is 32.1. The molecule has 0 saturated carbocycles. The van der Waals surface area contributed by atoms with E-state index in [4.69, 9.17) is 16.6 Å². The van der Waals surface area contributed by atoms with Crippen molar-refractivity contribution in [2.75, 3.05) is 11.5 Å².